The summed E-state index contributed by atoms with van der Waals surface area (Å²) in [6.07, 6.45) is 0. The molecular weight excluding hydrogens is 243 g/mol. The summed E-state index contributed by atoms with van der Waals surface area (Å²) in [5.74, 6) is 0. The van der Waals surface area contributed by atoms with E-state index in [0.717, 1.165) is 26.2 Å². The van der Waals surface area contributed by atoms with Gasteiger partial charge in [-0.1, -0.05) is 27.7 Å². The van der Waals surface area contributed by atoms with Gasteiger partial charge in [-0.25, -0.2) is 9.34 Å². The minimum absolute atomic E-state index is 0.0287. The molecule has 0 amide bonds. The highest BCUT2D eigenvalue weighted by molar-refractivity contribution is 8.09. The number of aliphatic hydroxyl groups excluding tert-OH is 1. The van der Waals surface area contributed by atoms with E-state index in [9.17, 15) is 0 Å². The molecule has 0 radical (unpaired) electrons. The summed E-state index contributed by atoms with van der Waals surface area (Å²) in [4.78, 5) is 0. The number of rotatable bonds is 9. The van der Waals surface area contributed by atoms with E-state index in [0.29, 0.717) is 6.61 Å². The molecule has 0 atom stereocenters. The minimum Gasteiger partial charge on any atom is -0.394 e. The third-order valence-corrected chi connectivity index (χ3v) is 7.31. The molecule has 0 aromatic rings. The van der Waals surface area contributed by atoms with Crippen LogP contribution >= 0.6 is 6.57 Å². The van der Waals surface area contributed by atoms with Crippen LogP contribution in [0.5, 0.6) is 0 Å². The van der Waals surface area contributed by atoms with E-state index < -0.39 is 6.57 Å². The molecule has 6 heteroatoms. The first-order valence-electron chi connectivity index (χ1n) is 5.96. The van der Waals surface area contributed by atoms with Crippen LogP contribution in [-0.2, 0) is 16.3 Å². The average molecular weight is 268 g/mol. The Morgan fingerprint density at radius 2 is 1.38 bits per heavy atom. The zero-order valence-corrected chi connectivity index (χ0v) is 12.6. The topological polar surface area (TPSA) is 35.9 Å². The Balaban J connectivity index is 4.91. The fourth-order valence-electron chi connectivity index (χ4n) is 1.66. The van der Waals surface area contributed by atoms with Crippen molar-refractivity contribution in [3.63, 3.8) is 0 Å². The monoisotopic (exact) mass is 268 g/mol. The second-order valence-electron chi connectivity index (χ2n) is 3.33. The summed E-state index contributed by atoms with van der Waals surface area (Å²) in [7, 11) is 0. The summed E-state index contributed by atoms with van der Waals surface area (Å²) >= 11 is 5.74. The molecule has 98 valence electrons. The van der Waals surface area contributed by atoms with Crippen LogP contribution < -0.4 is 0 Å². The van der Waals surface area contributed by atoms with Crippen LogP contribution in [0.15, 0.2) is 0 Å². The predicted molar refractivity (Wildman–Crippen MR) is 73.2 cm³/mol. The molecule has 0 aliphatic carbocycles. The molecule has 16 heavy (non-hydrogen) atoms. The van der Waals surface area contributed by atoms with Crippen LogP contribution in [0.1, 0.15) is 27.7 Å². The molecular formula is C10H25N2O2PS. The van der Waals surface area contributed by atoms with Gasteiger partial charge in [0.25, 0.3) is 0 Å². The average Bonchev–Trinajstić information content (AvgIpc) is 2.29. The molecule has 0 saturated carbocycles. The van der Waals surface area contributed by atoms with Crippen LogP contribution in [0.3, 0.4) is 0 Å². The Kier molecular flexibility index (Phi) is 8.82. The Hall–Kier alpha value is 0.490. The lowest BCUT2D eigenvalue weighted by Gasteiger charge is -2.40. The van der Waals surface area contributed by atoms with Gasteiger partial charge in [0.15, 0.2) is 0 Å². The summed E-state index contributed by atoms with van der Waals surface area (Å²) in [6.45, 7) is 10.1. The summed E-state index contributed by atoms with van der Waals surface area (Å²) in [5, 5.41) is 8.89. The third kappa shape index (κ3) is 4.06. The standard InChI is InChI=1S/C10H25N2O2PS/c1-5-11(6-2)15(16,14-10-9-13)12(7-3)8-4/h13H,5-10H2,1-4H3. The Labute approximate surface area is 105 Å². The molecule has 0 aromatic heterocycles. The summed E-state index contributed by atoms with van der Waals surface area (Å²) in [5.41, 5.74) is 0. The second-order valence-corrected chi connectivity index (χ2v) is 7.12. The van der Waals surface area contributed by atoms with Crippen molar-refractivity contribution < 1.29 is 9.63 Å². The van der Waals surface area contributed by atoms with E-state index in [1.54, 1.807) is 0 Å². The quantitative estimate of drug-likeness (QED) is 0.646. The Morgan fingerprint density at radius 1 is 1.00 bits per heavy atom. The molecule has 4 nitrogen and oxygen atoms in total. The first-order valence-corrected chi connectivity index (χ1v) is 8.59. The van der Waals surface area contributed by atoms with Gasteiger partial charge < -0.3 is 9.63 Å². The Morgan fingerprint density at radius 3 is 1.62 bits per heavy atom. The zero-order chi connectivity index (χ0) is 12.6. The first kappa shape index (κ1) is 16.5. The highest BCUT2D eigenvalue weighted by Crippen LogP contribution is 2.53. The van der Waals surface area contributed by atoms with Gasteiger partial charge in [0.1, 0.15) is 0 Å². The van der Waals surface area contributed by atoms with Gasteiger partial charge in [0, 0.05) is 26.2 Å². The van der Waals surface area contributed by atoms with Crippen LogP contribution in [0.25, 0.3) is 0 Å². The normalized spacial score (nSPS) is 12.7. The molecule has 0 aliphatic rings. The molecule has 0 saturated heterocycles. The fraction of sp³-hybridized carbons (Fsp3) is 1.00. The molecule has 0 aromatic carbocycles. The maximum atomic E-state index is 8.89. The van der Waals surface area contributed by atoms with Crippen molar-refractivity contribution >= 4 is 18.4 Å². The fourth-order valence-corrected chi connectivity index (χ4v) is 5.71. The van der Waals surface area contributed by atoms with Crippen molar-refractivity contribution in [2.24, 2.45) is 0 Å². The van der Waals surface area contributed by atoms with Gasteiger partial charge in [-0.05, 0) is 11.8 Å². The van der Waals surface area contributed by atoms with Crippen LogP contribution in [-0.4, -0.2) is 53.8 Å². The van der Waals surface area contributed by atoms with E-state index in [2.05, 4.69) is 37.0 Å². The molecule has 0 rings (SSSR count). The van der Waals surface area contributed by atoms with Gasteiger partial charge in [-0.3, -0.25) is 0 Å². The van der Waals surface area contributed by atoms with Gasteiger partial charge in [-0.15, -0.1) is 0 Å². The molecule has 1 N–H and O–H groups in total. The Bertz CT molecular complexity index is 205. The van der Waals surface area contributed by atoms with E-state index in [-0.39, 0.29) is 6.61 Å². The van der Waals surface area contributed by atoms with Crippen molar-refractivity contribution in [1.29, 1.82) is 0 Å². The number of hydrogen-bond donors (Lipinski definition) is 1. The predicted octanol–water partition coefficient (Wildman–Crippen LogP) is 1.90. The SMILES string of the molecule is CCN(CC)P(=S)(OCCO)N(CC)CC. The van der Waals surface area contributed by atoms with E-state index in [4.69, 9.17) is 21.4 Å². The van der Waals surface area contributed by atoms with Crippen molar-refractivity contribution in [2.45, 2.75) is 27.7 Å². The number of hydrogen-bond acceptors (Lipinski definition) is 3. The summed E-state index contributed by atoms with van der Waals surface area (Å²) in [6, 6.07) is 0. The number of nitrogens with zero attached hydrogens (tertiary/aromatic N) is 2. The van der Waals surface area contributed by atoms with Gasteiger partial charge in [-0.2, -0.15) is 0 Å². The van der Waals surface area contributed by atoms with Crippen LogP contribution in [0, 0.1) is 0 Å². The number of aliphatic hydroxyl groups is 1. The van der Waals surface area contributed by atoms with Crippen molar-refractivity contribution in [2.75, 3.05) is 39.4 Å². The minimum atomic E-state index is -2.12. The van der Waals surface area contributed by atoms with Crippen LogP contribution in [0.2, 0.25) is 0 Å². The lowest BCUT2D eigenvalue weighted by Crippen LogP contribution is -2.33. The van der Waals surface area contributed by atoms with Gasteiger partial charge in [0.2, 0.25) is 6.57 Å². The maximum Gasteiger partial charge on any atom is 0.203 e. The van der Waals surface area contributed by atoms with Gasteiger partial charge >= 0.3 is 0 Å². The zero-order valence-electron chi connectivity index (χ0n) is 10.8. The van der Waals surface area contributed by atoms with E-state index in [1.807, 2.05) is 0 Å². The van der Waals surface area contributed by atoms with Crippen LogP contribution in [0.4, 0.5) is 0 Å². The van der Waals surface area contributed by atoms with E-state index in [1.165, 1.54) is 0 Å². The van der Waals surface area contributed by atoms with Crippen molar-refractivity contribution in [3.05, 3.63) is 0 Å². The first-order chi connectivity index (χ1) is 7.60. The highest BCUT2D eigenvalue weighted by atomic mass is 32.5. The molecule has 0 unspecified atom stereocenters. The summed E-state index contributed by atoms with van der Waals surface area (Å²) < 4.78 is 10.2. The molecule has 0 heterocycles. The van der Waals surface area contributed by atoms with Gasteiger partial charge in [0.05, 0.1) is 13.2 Å². The van der Waals surface area contributed by atoms with Crippen molar-refractivity contribution in [3.8, 4) is 0 Å². The smallest absolute Gasteiger partial charge is 0.203 e. The molecule has 0 bridgehead atoms. The second kappa shape index (κ2) is 8.56. The maximum absolute atomic E-state index is 8.89. The lowest BCUT2D eigenvalue weighted by molar-refractivity contribution is 0.187. The molecule has 0 spiro atoms. The van der Waals surface area contributed by atoms with Crippen molar-refractivity contribution in [1.82, 2.24) is 9.34 Å². The highest BCUT2D eigenvalue weighted by Gasteiger charge is 2.30. The molecule has 0 aliphatic heterocycles. The van der Waals surface area contributed by atoms with E-state index >= 15 is 0 Å². The lowest BCUT2D eigenvalue weighted by atomic mass is 10.7. The third-order valence-electron chi connectivity index (χ3n) is 2.53. The largest absolute Gasteiger partial charge is 0.394 e. The molecule has 0 fully saturated rings.